The Morgan fingerprint density at radius 3 is 3.00 bits per heavy atom. The van der Waals surface area contributed by atoms with Gasteiger partial charge in [-0.15, -0.1) is 10.2 Å². The molecule has 1 aliphatic rings. The molecule has 23 heavy (non-hydrogen) atoms. The zero-order valence-electron chi connectivity index (χ0n) is 12.9. The third-order valence-electron chi connectivity index (χ3n) is 3.95. The first kappa shape index (κ1) is 15.9. The van der Waals surface area contributed by atoms with Gasteiger partial charge in [0.2, 0.25) is 5.13 Å². The summed E-state index contributed by atoms with van der Waals surface area (Å²) in [5, 5.41) is 14.8. The van der Waals surface area contributed by atoms with Crippen LogP contribution in [0, 0.1) is 0 Å². The van der Waals surface area contributed by atoms with Gasteiger partial charge in [0, 0.05) is 7.11 Å². The fourth-order valence-corrected chi connectivity index (χ4v) is 3.50. The van der Waals surface area contributed by atoms with E-state index in [2.05, 4.69) is 20.8 Å². The van der Waals surface area contributed by atoms with E-state index in [0.29, 0.717) is 15.9 Å². The number of rotatable bonds is 4. The van der Waals surface area contributed by atoms with Crippen LogP contribution in [0.1, 0.15) is 32.1 Å². The number of hydrogen-bond donors (Lipinski definition) is 2. The molecule has 0 spiro atoms. The number of amides is 2. The van der Waals surface area contributed by atoms with E-state index in [1.165, 1.54) is 17.8 Å². The van der Waals surface area contributed by atoms with Crippen LogP contribution < -0.4 is 10.6 Å². The van der Waals surface area contributed by atoms with Crippen molar-refractivity contribution in [3.8, 4) is 10.8 Å². The molecular weight excluding hydrogens is 316 g/mol. The summed E-state index contributed by atoms with van der Waals surface area (Å²) in [6, 6.07) is 3.34. The van der Waals surface area contributed by atoms with E-state index >= 15 is 0 Å². The van der Waals surface area contributed by atoms with Crippen molar-refractivity contribution in [3.05, 3.63) is 18.4 Å². The molecule has 2 atom stereocenters. The molecule has 2 amide bonds. The van der Waals surface area contributed by atoms with E-state index < -0.39 is 0 Å². The fourth-order valence-electron chi connectivity index (χ4n) is 2.80. The summed E-state index contributed by atoms with van der Waals surface area (Å²) in [5.41, 5.74) is 0. The van der Waals surface area contributed by atoms with Gasteiger partial charge < -0.3 is 14.5 Å². The molecule has 1 aliphatic carbocycles. The molecule has 0 saturated heterocycles. The lowest BCUT2D eigenvalue weighted by Gasteiger charge is -2.24. The fraction of sp³-hybridized carbons (Fsp3) is 0.533. The van der Waals surface area contributed by atoms with Gasteiger partial charge in [-0.3, -0.25) is 5.32 Å². The normalized spacial score (nSPS) is 21.6. The number of anilines is 1. The summed E-state index contributed by atoms with van der Waals surface area (Å²) in [5.74, 6) is 0.638. The Hall–Kier alpha value is -1.93. The van der Waals surface area contributed by atoms with Gasteiger partial charge in [0.15, 0.2) is 10.8 Å². The van der Waals surface area contributed by atoms with Crippen LogP contribution in [0.2, 0.25) is 0 Å². The van der Waals surface area contributed by atoms with Crippen LogP contribution >= 0.6 is 11.3 Å². The summed E-state index contributed by atoms with van der Waals surface area (Å²) in [6.07, 6.45) is 6.97. The molecule has 0 bridgehead atoms. The van der Waals surface area contributed by atoms with E-state index in [0.717, 1.165) is 25.7 Å². The van der Waals surface area contributed by atoms with Crippen molar-refractivity contribution in [2.75, 3.05) is 12.4 Å². The Balaban J connectivity index is 1.58. The zero-order chi connectivity index (χ0) is 16.1. The maximum Gasteiger partial charge on any atom is 0.321 e. The van der Waals surface area contributed by atoms with Crippen molar-refractivity contribution in [1.29, 1.82) is 0 Å². The van der Waals surface area contributed by atoms with Crippen LogP contribution in [-0.2, 0) is 4.74 Å². The lowest BCUT2D eigenvalue weighted by molar-refractivity contribution is 0.0667. The summed E-state index contributed by atoms with van der Waals surface area (Å²) in [7, 11) is 1.70. The molecule has 8 heteroatoms. The first-order chi connectivity index (χ1) is 11.3. The maximum absolute atomic E-state index is 12.2. The number of hydrogen-bond acceptors (Lipinski definition) is 6. The molecule has 0 aliphatic heterocycles. The number of nitrogens with one attached hydrogen (secondary N) is 2. The Morgan fingerprint density at radius 1 is 1.35 bits per heavy atom. The molecule has 1 fully saturated rings. The number of aromatic nitrogens is 2. The molecule has 7 nitrogen and oxygen atoms in total. The molecule has 124 valence electrons. The van der Waals surface area contributed by atoms with Gasteiger partial charge in [-0.2, -0.15) is 0 Å². The highest BCUT2D eigenvalue weighted by Gasteiger charge is 2.25. The standard InChI is InChI=1S/C15H20N4O3S/c1-21-11-7-4-2-3-6-10(11)16-14(20)17-15-19-18-13(23-15)12-8-5-9-22-12/h5,8-11H,2-4,6-7H2,1H3,(H2,16,17,19,20)/t10-,11+/m0/s1. The Morgan fingerprint density at radius 2 is 2.22 bits per heavy atom. The smallest absolute Gasteiger partial charge is 0.321 e. The average molecular weight is 336 g/mol. The molecule has 2 aromatic heterocycles. The zero-order valence-corrected chi connectivity index (χ0v) is 13.8. The van der Waals surface area contributed by atoms with Gasteiger partial charge >= 0.3 is 6.03 Å². The largest absolute Gasteiger partial charge is 0.462 e. The number of nitrogens with zero attached hydrogens (tertiary/aromatic N) is 2. The van der Waals surface area contributed by atoms with Crippen LogP contribution in [0.15, 0.2) is 22.8 Å². The molecule has 3 rings (SSSR count). The van der Waals surface area contributed by atoms with E-state index in [9.17, 15) is 4.79 Å². The van der Waals surface area contributed by atoms with Gasteiger partial charge in [-0.25, -0.2) is 4.79 Å². The monoisotopic (exact) mass is 336 g/mol. The lowest BCUT2D eigenvalue weighted by Crippen LogP contribution is -2.45. The van der Waals surface area contributed by atoms with Crippen LogP contribution in [0.4, 0.5) is 9.93 Å². The highest BCUT2D eigenvalue weighted by Crippen LogP contribution is 2.26. The summed E-state index contributed by atoms with van der Waals surface area (Å²) >= 11 is 1.27. The topological polar surface area (TPSA) is 89.3 Å². The number of methoxy groups -OCH3 is 1. The predicted octanol–water partition coefficient (Wildman–Crippen LogP) is 3.27. The molecular formula is C15H20N4O3S. The number of carbonyl (C=O) groups is 1. The molecule has 0 aromatic carbocycles. The first-order valence-electron chi connectivity index (χ1n) is 7.74. The Labute approximate surface area is 138 Å². The molecule has 2 N–H and O–H groups in total. The van der Waals surface area contributed by atoms with Crippen molar-refractivity contribution in [1.82, 2.24) is 15.5 Å². The number of urea groups is 1. The van der Waals surface area contributed by atoms with E-state index in [-0.39, 0.29) is 18.2 Å². The average Bonchev–Trinajstić information content (AvgIpc) is 3.17. The maximum atomic E-state index is 12.2. The SMILES string of the molecule is CO[C@@H]1CCCCC[C@@H]1NC(=O)Nc1nnc(-c2ccco2)s1. The van der Waals surface area contributed by atoms with Crippen molar-refractivity contribution >= 4 is 22.5 Å². The minimum absolute atomic E-state index is 0.0277. The molecule has 0 unspecified atom stereocenters. The van der Waals surface area contributed by atoms with Gasteiger partial charge in [0.1, 0.15) is 0 Å². The highest BCUT2D eigenvalue weighted by atomic mass is 32.1. The molecule has 2 aromatic rings. The second-order valence-electron chi connectivity index (χ2n) is 5.51. The van der Waals surface area contributed by atoms with Crippen molar-refractivity contribution in [3.63, 3.8) is 0 Å². The predicted molar refractivity (Wildman–Crippen MR) is 87.4 cm³/mol. The van der Waals surface area contributed by atoms with E-state index in [4.69, 9.17) is 9.15 Å². The quantitative estimate of drug-likeness (QED) is 0.837. The number of ether oxygens (including phenoxy) is 1. The molecule has 0 radical (unpaired) electrons. The molecule has 1 saturated carbocycles. The molecule has 2 heterocycles. The minimum atomic E-state index is -0.277. The lowest BCUT2D eigenvalue weighted by atomic mass is 10.1. The summed E-state index contributed by atoms with van der Waals surface area (Å²) < 4.78 is 10.8. The second kappa shape index (κ2) is 7.56. The van der Waals surface area contributed by atoms with Gasteiger partial charge in [-0.05, 0) is 25.0 Å². The third kappa shape index (κ3) is 4.08. The van der Waals surface area contributed by atoms with E-state index in [1.54, 1.807) is 25.5 Å². The van der Waals surface area contributed by atoms with Gasteiger partial charge in [0.25, 0.3) is 0 Å². The minimum Gasteiger partial charge on any atom is -0.462 e. The number of carbonyl (C=O) groups excluding carboxylic acids is 1. The number of furan rings is 1. The van der Waals surface area contributed by atoms with E-state index in [1.807, 2.05) is 0 Å². The second-order valence-corrected chi connectivity index (χ2v) is 6.48. The Bertz CT molecular complexity index is 628. The van der Waals surface area contributed by atoms with Crippen LogP contribution in [0.5, 0.6) is 0 Å². The summed E-state index contributed by atoms with van der Waals surface area (Å²) in [6.45, 7) is 0. The van der Waals surface area contributed by atoms with Crippen LogP contribution in [0.25, 0.3) is 10.8 Å². The van der Waals surface area contributed by atoms with Crippen molar-refractivity contribution < 1.29 is 13.9 Å². The van der Waals surface area contributed by atoms with Crippen molar-refractivity contribution in [2.24, 2.45) is 0 Å². The van der Waals surface area contributed by atoms with Crippen LogP contribution in [0.3, 0.4) is 0 Å². The third-order valence-corrected chi connectivity index (χ3v) is 4.80. The van der Waals surface area contributed by atoms with Crippen LogP contribution in [-0.4, -0.2) is 35.5 Å². The highest BCUT2D eigenvalue weighted by molar-refractivity contribution is 7.18. The Kier molecular flexibility index (Phi) is 5.24. The first-order valence-corrected chi connectivity index (χ1v) is 8.55. The van der Waals surface area contributed by atoms with Crippen molar-refractivity contribution in [2.45, 2.75) is 44.2 Å². The van der Waals surface area contributed by atoms with Gasteiger partial charge in [-0.1, -0.05) is 30.6 Å². The van der Waals surface area contributed by atoms with Gasteiger partial charge in [0.05, 0.1) is 18.4 Å². The summed E-state index contributed by atoms with van der Waals surface area (Å²) in [4.78, 5) is 12.2.